The highest BCUT2D eigenvalue weighted by molar-refractivity contribution is 5.96. The molecule has 1 N–H and O–H groups in total. The van der Waals surface area contributed by atoms with Gasteiger partial charge in [-0.15, -0.1) is 0 Å². The van der Waals surface area contributed by atoms with Crippen LogP contribution in [0.3, 0.4) is 0 Å². The van der Waals surface area contributed by atoms with Gasteiger partial charge >= 0.3 is 0 Å². The first kappa shape index (κ1) is 20.2. The molecule has 27 heavy (non-hydrogen) atoms. The quantitative estimate of drug-likeness (QED) is 0.801. The van der Waals surface area contributed by atoms with Gasteiger partial charge in [-0.1, -0.05) is 32.9 Å². The molecule has 140 valence electrons. The summed E-state index contributed by atoms with van der Waals surface area (Å²) in [6, 6.07) is 16.3. The predicted molar refractivity (Wildman–Crippen MR) is 106 cm³/mol. The summed E-state index contributed by atoms with van der Waals surface area (Å²) < 4.78 is 0. The summed E-state index contributed by atoms with van der Waals surface area (Å²) in [6.45, 7) is 6.83. The van der Waals surface area contributed by atoms with Crippen molar-refractivity contribution in [2.75, 3.05) is 11.9 Å². The zero-order chi connectivity index (χ0) is 19.8. The van der Waals surface area contributed by atoms with E-state index in [1.807, 2.05) is 32.9 Å². The van der Waals surface area contributed by atoms with E-state index in [2.05, 4.69) is 11.4 Å². The average Bonchev–Trinajstić information content (AvgIpc) is 2.68. The van der Waals surface area contributed by atoms with E-state index in [0.717, 1.165) is 12.0 Å². The maximum Gasteiger partial charge on any atom is 0.254 e. The Morgan fingerprint density at radius 2 is 1.70 bits per heavy atom. The Kier molecular flexibility index (Phi) is 7.13. The van der Waals surface area contributed by atoms with Crippen molar-refractivity contribution in [3.63, 3.8) is 0 Å². The van der Waals surface area contributed by atoms with E-state index in [0.29, 0.717) is 29.9 Å². The zero-order valence-corrected chi connectivity index (χ0v) is 16.0. The molecule has 0 saturated heterocycles. The third-order valence-corrected chi connectivity index (χ3v) is 4.16. The number of amides is 2. The molecule has 5 heteroatoms. The Hall–Kier alpha value is -3.13. The molecule has 5 nitrogen and oxygen atoms in total. The van der Waals surface area contributed by atoms with Gasteiger partial charge in [-0.3, -0.25) is 9.59 Å². The van der Waals surface area contributed by atoms with Gasteiger partial charge in [-0.2, -0.15) is 5.26 Å². The average molecular weight is 363 g/mol. The van der Waals surface area contributed by atoms with Crippen LogP contribution in [0.25, 0.3) is 0 Å². The van der Waals surface area contributed by atoms with Crippen LogP contribution < -0.4 is 5.32 Å². The Morgan fingerprint density at radius 1 is 1.07 bits per heavy atom. The Bertz CT molecular complexity index is 818. The Balaban J connectivity index is 2.11. The number of carbonyl (C=O) groups excluding carboxylic acids is 2. The van der Waals surface area contributed by atoms with Crippen LogP contribution in [0, 0.1) is 17.2 Å². The Labute approximate surface area is 160 Å². The second kappa shape index (κ2) is 9.54. The van der Waals surface area contributed by atoms with E-state index in [1.54, 1.807) is 41.3 Å². The summed E-state index contributed by atoms with van der Waals surface area (Å²) in [6.07, 6.45) is 0.852. The standard InChI is InChI=1S/C22H25N3O2/c1-4-13-25(15-18-7-5-17(14-23)6-8-18)22(27)19-9-11-20(12-10-19)24-21(26)16(2)3/h5-12,16H,4,13,15H2,1-3H3,(H,24,26). The van der Waals surface area contributed by atoms with Crippen LogP contribution in [0.4, 0.5) is 5.69 Å². The summed E-state index contributed by atoms with van der Waals surface area (Å²) >= 11 is 0. The molecule has 2 aromatic carbocycles. The zero-order valence-electron chi connectivity index (χ0n) is 16.0. The van der Waals surface area contributed by atoms with Crippen molar-refractivity contribution in [1.29, 1.82) is 5.26 Å². The maximum absolute atomic E-state index is 12.9. The fourth-order valence-corrected chi connectivity index (χ4v) is 2.59. The van der Waals surface area contributed by atoms with E-state index in [-0.39, 0.29) is 17.7 Å². The van der Waals surface area contributed by atoms with Gasteiger partial charge in [-0.05, 0) is 48.4 Å². The number of hydrogen-bond acceptors (Lipinski definition) is 3. The summed E-state index contributed by atoms with van der Waals surface area (Å²) in [5.41, 5.74) is 2.85. The first-order valence-electron chi connectivity index (χ1n) is 9.13. The molecule has 2 rings (SSSR count). The van der Waals surface area contributed by atoms with Crippen LogP contribution in [-0.4, -0.2) is 23.3 Å². The fourth-order valence-electron chi connectivity index (χ4n) is 2.59. The van der Waals surface area contributed by atoms with Crippen LogP contribution in [-0.2, 0) is 11.3 Å². The number of nitrogens with zero attached hydrogens (tertiary/aromatic N) is 2. The molecular weight excluding hydrogens is 338 g/mol. The van der Waals surface area contributed by atoms with Gasteiger partial charge in [0.05, 0.1) is 11.6 Å². The molecule has 2 amide bonds. The lowest BCUT2D eigenvalue weighted by Crippen LogP contribution is -2.31. The van der Waals surface area contributed by atoms with Crippen LogP contribution in [0.2, 0.25) is 0 Å². The molecule has 0 heterocycles. The third-order valence-electron chi connectivity index (χ3n) is 4.16. The van der Waals surface area contributed by atoms with Crippen molar-refractivity contribution in [1.82, 2.24) is 4.90 Å². The van der Waals surface area contributed by atoms with Gasteiger partial charge in [0, 0.05) is 30.3 Å². The molecule has 0 radical (unpaired) electrons. The second-order valence-corrected chi connectivity index (χ2v) is 6.76. The summed E-state index contributed by atoms with van der Waals surface area (Å²) in [4.78, 5) is 26.5. The lowest BCUT2D eigenvalue weighted by molar-refractivity contribution is -0.118. The smallest absolute Gasteiger partial charge is 0.254 e. The number of benzene rings is 2. The van der Waals surface area contributed by atoms with Gasteiger partial charge < -0.3 is 10.2 Å². The summed E-state index contributed by atoms with van der Waals surface area (Å²) in [7, 11) is 0. The molecule has 0 aliphatic carbocycles. The van der Waals surface area contributed by atoms with Crippen LogP contribution in [0.1, 0.15) is 48.7 Å². The van der Waals surface area contributed by atoms with Crippen LogP contribution >= 0.6 is 0 Å². The maximum atomic E-state index is 12.9. The lowest BCUT2D eigenvalue weighted by atomic mass is 10.1. The SMILES string of the molecule is CCCN(Cc1ccc(C#N)cc1)C(=O)c1ccc(NC(=O)C(C)C)cc1. The van der Waals surface area contributed by atoms with Crippen LogP contribution in [0.5, 0.6) is 0 Å². The molecular formula is C22H25N3O2. The predicted octanol–water partition coefficient (Wildman–Crippen LogP) is 4.21. The minimum absolute atomic E-state index is 0.0528. The highest BCUT2D eigenvalue weighted by atomic mass is 16.2. The number of hydrogen-bond donors (Lipinski definition) is 1. The number of nitrogens with one attached hydrogen (secondary N) is 1. The van der Waals surface area contributed by atoms with E-state index in [4.69, 9.17) is 5.26 Å². The molecule has 0 spiro atoms. The van der Waals surface area contributed by atoms with Gasteiger partial charge in [0.25, 0.3) is 5.91 Å². The van der Waals surface area contributed by atoms with E-state index < -0.39 is 0 Å². The van der Waals surface area contributed by atoms with Crippen molar-refractivity contribution >= 4 is 17.5 Å². The normalized spacial score (nSPS) is 10.3. The van der Waals surface area contributed by atoms with Crippen LogP contribution in [0.15, 0.2) is 48.5 Å². The molecule has 0 aromatic heterocycles. The highest BCUT2D eigenvalue weighted by Crippen LogP contribution is 2.15. The molecule has 0 fully saturated rings. The molecule has 0 aliphatic heterocycles. The monoisotopic (exact) mass is 363 g/mol. The summed E-state index contributed by atoms with van der Waals surface area (Å²) in [5, 5.41) is 11.7. The van der Waals surface area contributed by atoms with Gasteiger partial charge in [0.2, 0.25) is 5.91 Å². The number of rotatable bonds is 7. The number of nitriles is 1. The first-order chi connectivity index (χ1) is 12.9. The fraction of sp³-hybridized carbons (Fsp3) is 0.318. The minimum Gasteiger partial charge on any atom is -0.334 e. The molecule has 0 atom stereocenters. The Morgan fingerprint density at radius 3 is 2.22 bits per heavy atom. The number of carbonyl (C=O) groups is 2. The first-order valence-corrected chi connectivity index (χ1v) is 9.13. The van der Waals surface area contributed by atoms with Gasteiger partial charge in [-0.25, -0.2) is 0 Å². The molecule has 0 aliphatic rings. The van der Waals surface area contributed by atoms with E-state index in [9.17, 15) is 9.59 Å². The molecule has 0 unspecified atom stereocenters. The van der Waals surface area contributed by atoms with E-state index >= 15 is 0 Å². The van der Waals surface area contributed by atoms with Crippen molar-refractivity contribution in [2.45, 2.75) is 33.7 Å². The van der Waals surface area contributed by atoms with Crippen molar-refractivity contribution in [2.24, 2.45) is 5.92 Å². The number of anilines is 1. The lowest BCUT2D eigenvalue weighted by Gasteiger charge is -2.22. The topological polar surface area (TPSA) is 73.2 Å². The van der Waals surface area contributed by atoms with Gasteiger partial charge in [0.1, 0.15) is 0 Å². The highest BCUT2D eigenvalue weighted by Gasteiger charge is 2.16. The molecule has 0 bridgehead atoms. The van der Waals surface area contributed by atoms with E-state index in [1.165, 1.54) is 0 Å². The van der Waals surface area contributed by atoms with Crippen molar-refractivity contribution in [3.05, 3.63) is 65.2 Å². The largest absolute Gasteiger partial charge is 0.334 e. The summed E-state index contributed by atoms with van der Waals surface area (Å²) in [5.74, 6) is -0.204. The molecule has 0 saturated carbocycles. The minimum atomic E-state index is -0.0984. The molecule has 2 aromatic rings. The second-order valence-electron chi connectivity index (χ2n) is 6.76. The van der Waals surface area contributed by atoms with Crippen molar-refractivity contribution in [3.8, 4) is 6.07 Å². The van der Waals surface area contributed by atoms with Gasteiger partial charge in [0.15, 0.2) is 0 Å². The van der Waals surface area contributed by atoms with Crippen molar-refractivity contribution < 1.29 is 9.59 Å². The third kappa shape index (κ3) is 5.68.